The molecule has 2 rings (SSSR count). The van der Waals surface area contributed by atoms with Gasteiger partial charge in [-0.25, -0.2) is 0 Å². The van der Waals surface area contributed by atoms with E-state index in [4.69, 9.17) is 9.84 Å². The number of morpholine rings is 1. The highest BCUT2D eigenvalue weighted by molar-refractivity contribution is 7.07. The first-order chi connectivity index (χ1) is 8.65. The number of carboxylic acid groups (broad SMARTS) is 1. The molecule has 0 bridgehead atoms. The Bertz CT molecular complexity index is 418. The number of hydrogen-bond donors (Lipinski definition) is 1. The average Bonchev–Trinajstić information content (AvgIpc) is 2.81. The van der Waals surface area contributed by atoms with Gasteiger partial charge in [0, 0.05) is 13.1 Å². The molecule has 98 valence electrons. The smallest absolute Gasteiger partial charge is 0.306 e. The van der Waals surface area contributed by atoms with Gasteiger partial charge >= 0.3 is 5.97 Å². The van der Waals surface area contributed by atoms with Crippen LogP contribution >= 0.6 is 11.3 Å². The summed E-state index contributed by atoms with van der Waals surface area (Å²) in [7, 11) is 0. The third-order valence-electron chi connectivity index (χ3n) is 2.83. The Morgan fingerprint density at radius 1 is 1.56 bits per heavy atom. The molecule has 1 atom stereocenters. The molecule has 1 aliphatic heterocycles. The van der Waals surface area contributed by atoms with Crippen LogP contribution in [-0.4, -0.2) is 47.7 Å². The topological polar surface area (TPSA) is 66.8 Å². The SMILES string of the molecule is O=C(O)CC1CN(C(=O)Cc2ccsc2)CCO1. The lowest BCUT2D eigenvalue weighted by Crippen LogP contribution is -2.46. The van der Waals surface area contributed by atoms with Crippen LogP contribution in [0.15, 0.2) is 16.8 Å². The van der Waals surface area contributed by atoms with Crippen LogP contribution in [0.3, 0.4) is 0 Å². The maximum atomic E-state index is 12.0. The number of amides is 1. The van der Waals surface area contributed by atoms with Gasteiger partial charge in [0.1, 0.15) is 0 Å². The summed E-state index contributed by atoms with van der Waals surface area (Å²) < 4.78 is 5.33. The Morgan fingerprint density at radius 3 is 3.06 bits per heavy atom. The fourth-order valence-corrected chi connectivity index (χ4v) is 2.61. The minimum atomic E-state index is -0.896. The molecule has 1 fully saturated rings. The zero-order valence-corrected chi connectivity index (χ0v) is 10.7. The molecule has 0 radical (unpaired) electrons. The summed E-state index contributed by atoms with van der Waals surface area (Å²) in [6.45, 7) is 1.32. The fraction of sp³-hybridized carbons (Fsp3) is 0.500. The molecular weight excluding hydrogens is 254 g/mol. The van der Waals surface area contributed by atoms with E-state index in [9.17, 15) is 9.59 Å². The molecule has 1 aromatic heterocycles. The zero-order chi connectivity index (χ0) is 13.0. The zero-order valence-electron chi connectivity index (χ0n) is 9.87. The lowest BCUT2D eigenvalue weighted by atomic mass is 10.1. The van der Waals surface area contributed by atoms with Gasteiger partial charge in [-0.2, -0.15) is 11.3 Å². The monoisotopic (exact) mass is 269 g/mol. The molecule has 0 spiro atoms. The van der Waals surface area contributed by atoms with E-state index < -0.39 is 5.97 Å². The van der Waals surface area contributed by atoms with Gasteiger partial charge < -0.3 is 14.7 Å². The number of ether oxygens (including phenoxy) is 1. The minimum absolute atomic E-state index is 0.0343. The first-order valence-corrected chi connectivity index (χ1v) is 6.71. The Balaban J connectivity index is 1.88. The summed E-state index contributed by atoms with van der Waals surface area (Å²) in [5, 5.41) is 12.6. The standard InChI is InChI=1S/C12H15NO4S/c14-11(5-9-1-4-18-8-9)13-2-3-17-10(7-13)6-12(15)16/h1,4,8,10H,2-3,5-7H2,(H,15,16). The number of thiophene rings is 1. The Morgan fingerprint density at radius 2 is 2.39 bits per heavy atom. The van der Waals surface area contributed by atoms with Crippen molar-refractivity contribution in [3.05, 3.63) is 22.4 Å². The lowest BCUT2D eigenvalue weighted by molar-refractivity contribution is -0.147. The van der Waals surface area contributed by atoms with Crippen LogP contribution < -0.4 is 0 Å². The minimum Gasteiger partial charge on any atom is -0.481 e. The normalized spacial score (nSPS) is 19.8. The quantitative estimate of drug-likeness (QED) is 0.885. The number of rotatable bonds is 4. The van der Waals surface area contributed by atoms with E-state index in [-0.39, 0.29) is 18.4 Å². The van der Waals surface area contributed by atoms with E-state index in [1.54, 1.807) is 16.2 Å². The van der Waals surface area contributed by atoms with Gasteiger partial charge in [0.2, 0.25) is 5.91 Å². The van der Waals surface area contributed by atoms with E-state index in [1.165, 1.54) is 0 Å². The van der Waals surface area contributed by atoms with Gasteiger partial charge in [-0.3, -0.25) is 9.59 Å². The van der Waals surface area contributed by atoms with Crippen LogP contribution in [0.1, 0.15) is 12.0 Å². The Hall–Kier alpha value is -1.40. The maximum absolute atomic E-state index is 12.0. The second-order valence-corrected chi connectivity index (χ2v) is 5.02. The number of aliphatic carboxylic acids is 1. The van der Waals surface area contributed by atoms with Gasteiger partial charge in [-0.1, -0.05) is 0 Å². The van der Waals surface area contributed by atoms with Crippen molar-refractivity contribution < 1.29 is 19.4 Å². The molecular formula is C12H15NO4S. The number of carbonyl (C=O) groups is 2. The molecule has 0 saturated carbocycles. The van der Waals surface area contributed by atoms with E-state index in [1.807, 2.05) is 16.8 Å². The van der Waals surface area contributed by atoms with Crippen LogP contribution in [0.2, 0.25) is 0 Å². The molecule has 1 aliphatic rings. The molecule has 1 unspecified atom stereocenters. The van der Waals surface area contributed by atoms with Crippen molar-refractivity contribution in [1.29, 1.82) is 0 Å². The molecule has 0 aliphatic carbocycles. The average molecular weight is 269 g/mol. The van der Waals surface area contributed by atoms with Gasteiger partial charge in [0.05, 0.1) is 25.6 Å². The van der Waals surface area contributed by atoms with Gasteiger partial charge in [-0.15, -0.1) is 0 Å². The number of hydrogen-bond acceptors (Lipinski definition) is 4. The van der Waals surface area contributed by atoms with E-state index in [0.29, 0.717) is 26.1 Å². The maximum Gasteiger partial charge on any atom is 0.306 e. The first-order valence-electron chi connectivity index (χ1n) is 5.77. The third kappa shape index (κ3) is 3.54. The van der Waals surface area contributed by atoms with Gasteiger partial charge in [0.15, 0.2) is 0 Å². The van der Waals surface area contributed by atoms with Crippen LogP contribution in [0.5, 0.6) is 0 Å². The summed E-state index contributed by atoms with van der Waals surface area (Å²) in [5.74, 6) is -0.862. The second-order valence-electron chi connectivity index (χ2n) is 4.24. The van der Waals surface area contributed by atoms with Crippen molar-refractivity contribution in [2.45, 2.75) is 18.9 Å². The molecule has 18 heavy (non-hydrogen) atoms. The van der Waals surface area contributed by atoms with E-state index >= 15 is 0 Å². The van der Waals surface area contributed by atoms with Gasteiger partial charge in [0.25, 0.3) is 0 Å². The number of carboxylic acids is 1. The number of nitrogens with zero attached hydrogens (tertiary/aromatic N) is 1. The van der Waals surface area contributed by atoms with Crippen molar-refractivity contribution in [3.8, 4) is 0 Å². The van der Waals surface area contributed by atoms with Crippen molar-refractivity contribution >= 4 is 23.2 Å². The van der Waals surface area contributed by atoms with Crippen molar-refractivity contribution in [2.75, 3.05) is 19.7 Å². The van der Waals surface area contributed by atoms with Crippen molar-refractivity contribution in [2.24, 2.45) is 0 Å². The van der Waals surface area contributed by atoms with E-state index in [0.717, 1.165) is 5.56 Å². The predicted octanol–water partition coefficient (Wildman–Crippen LogP) is 0.993. The second kappa shape index (κ2) is 5.97. The van der Waals surface area contributed by atoms with Gasteiger partial charge in [-0.05, 0) is 22.4 Å². The van der Waals surface area contributed by atoms with E-state index in [2.05, 4.69) is 0 Å². The van der Waals surface area contributed by atoms with Crippen molar-refractivity contribution in [1.82, 2.24) is 4.90 Å². The molecule has 5 nitrogen and oxygen atoms in total. The van der Waals surface area contributed by atoms with Crippen molar-refractivity contribution in [3.63, 3.8) is 0 Å². The molecule has 6 heteroatoms. The molecule has 1 amide bonds. The van der Waals surface area contributed by atoms with Crippen LogP contribution in [0, 0.1) is 0 Å². The highest BCUT2D eigenvalue weighted by Gasteiger charge is 2.25. The largest absolute Gasteiger partial charge is 0.481 e. The first kappa shape index (κ1) is 13.0. The van der Waals surface area contributed by atoms with Crippen LogP contribution in [0.25, 0.3) is 0 Å². The predicted molar refractivity (Wildman–Crippen MR) is 66.6 cm³/mol. The fourth-order valence-electron chi connectivity index (χ4n) is 1.94. The molecule has 1 saturated heterocycles. The Labute approximate surface area is 109 Å². The molecule has 1 aromatic rings. The van der Waals surface area contributed by atoms with Crippen LogP contribution in [0.4, 0.5) is 0 Å². The molecule has 1 N–H and O–H groups in total. The Kier molecular flexibility index (Phi) is 4.33. The summed E-state index contributed by atoms with van der Waals surface area (Å²) in [4.78, 5) is 24.3. The highest BCUT2D eigenvalue weighted by atomic mass is 32.1. The summed E-state index contributed by atoms with van der Waals surface area (Å²) in [6, 6.07) is 1.93. The number of carbonyl (C=O) groups excluding carboxylic acids is 1. The summed E-state index contributed by atoms with van der Waals surface area (Å²) in [6.07, 6.45) is -0.0615. The summed E-state index contributed by atoms with van der Waals surface area (Å²) in [5.41, 5.74) is 1.01. The third-order valence-corrected chi connectivity index (χ3v) is 3.56. The highest BCUT2D eigenvalue weighted by Crippen LogP contribution is 2.12. The molecule has 2 heterocycles. The van der Waals surface area contributed by atoms with Crippen LogP contribution in [-0.2, 0) is 20.7 Å². The molecule has 0 aromatic carbocycles. The lowest BCUT2D eigenvalue weighted by Gasteiger charge is -2.32. The summed E-state index contributed by atoms with van der Waals surface area (Å²) >= 11 is 1.56.